The van der Waals surface area contributed by atoms with Crippen LogP contribution in [0.3, 0.4) is 0 Å². The minimum absolute atomic E-state index is 0.724. The van der Waals surface area contributed by atoms with Gasteiger partial charge in [-0.05, 0) is 50.9 Å². The van der Waals surface area contributed by atoms with E-state index in [-0.39, 0.29) is 0 Å². The van der Waals surface area contributed by atoms with Crippen LogP contribution in [0.4, 0.5) is 5.82 Å². The van der Waals surface area contributed by atoms with E-state index in [9.17, 15) is 0 Å². The van der Waals surface area contributed by atoms with Crippen LogP contribution in [0.5, 0.6) is 0 Å². The lowest BCUT2D eigenvalue weighted by atomic mass is 10.00. The Kier molecular flexibility index (Phi) is 3.50. The predicted molar refractivity (Wildman–Crippen MR) is 60.9 cm³/mol. The first-order valence-electron chi connectivity index (χ1n) is 5.59. The first-order valence-corrected chi connectivity index (χ1v) is 5.59. The number of nitrogens with one attached hydrogen (secondary N) is 2. The van der Waals surface area contributed by atoms with Gasteiger partial charge in [0.1, 0.15) is 5.82 Å². The van der Waals surface area contributed by atoms with Gasteiger partial charge in [-0.1, -0.05) is 0 Å². The van der Waals surface area contributed by atoms with Gasteiger partial charge in [0.15, 0.2) is 0 Å². The van der Waals surface area contributed by atoms with E-state index >= 15 is 0 Å². The van der Waals surface area contributed by atoms with Crippen molar-refractivity contribution in [2.75, 3.05) is 25.0 Å². The number of aryl methyl sites for hydroxylation is 1. The summed E-state index contributed by atoms with van der Waals surface area (Å²) in [4.78, 5) is 0. The lowest BCUT2D eigenvalue weighted by molar-refractivity contribution is 0.392. The zero-order valence-electron chi connectivity index (χ0n) is 9.16. The van der Waals surface area contributed by atoms with Crippen molar-refractivity contribution < 1.29 is 0 Å². The van der Waals surface area contributed by atoms with Gasteiger partial charge in [-0.3, -0.25) is 0 Å². The van der Waals surface area contributed by atoms with Crippen LogP contribution in [-0.2, 0) is 0 Å². The van der Waals surface area contributed by atoms with Crippen LogP contribution in [0.1, 0.15) is 18.5 Å². The van der Waals surface area contributed by atoms with Gasteiger partial charge >= 0.3 is 0 Å². The van der Waals surface area contributed by atoms with Gasteiger partial charge in [0.05, 0.1) is 5.69 Å². The molecular formula is C11H18N4. The van der Waals surface area contributed by atoms with Crippen molar-refractivity contribution in [3.63, 3.8) is 0 Å². The van der Waals surface area contributed by atoms with Crippen molar-refractivity contribution in [2.45, 2.75) is 19.8 Å². The highest BCUT2D eigenvalue weighted by molar-refractivity contribution is 5.32. The molecule has 4 nitrogen and oxygen atoms in total. The van der Waals surface area contributed by atoms with E-state index in [0.29, 0.717) is 0 Å². The largest absolute Gasteiger partial charge is 0.368 e. The Morgan fingerprint density at radius 2 is 2.40 bits per heavy atom. The third-order valence-electron chi connectivity index (χ3n) is 2.77. The van der Waals surface area contributed by atoms with E-state index < -0.39 is 0 Å². The van der Waals surface area contributed by atoms with Gasteiger partial charge in [0.2, 0.25) is 0 Å². The Morgan fingerprint density at radius 1 is 1.47 bits per heavy atom. The molecule has 2 heterocycles. The van der Waals surface area contributed by atoms with Crippen LogP contribution in [0.15, 0.2) is 12.1 Å². The minimum atomic E-state index is 0.724. The topological polar surface area (TPSA) is 49.8 Å². The third kappa shape index (κ3) is 3.16. The molecule has 2 N–H and O–H groups in total. The van der Waals surface area contributed by atoms with E-state index in [1.807, 2.05) is 19.1 Å². The molecule has 4 heteroatoms. The molecule has 0 aromatic carbocycles. The van der Waals surface area contributed by atoms with Gasteiger partial charge < -0.3 is 10.6 Å². The van der Waals surface area contributed by atoms with E-state index in [1.165, 1.54) is 19.4 Å². The molecule has 0 radical (unpaired) electrons. The smallest absolute Gasteiger partial charge is 0.148 e. The molecule has 1 aromatic rings. The molecule has 1 aliphatic heterocycles. The molecule has 1 fully saturated rings. The Labute approximate surface area is 90.5 Å². The van der Waals surface area contributed by atoms with Crippen LogP contribution in [0.2, 0.25) is 0 Å². The predicted octanol–water partition coefficient (Wildman–Crippen LogP) is 1.20. The summed E-state index contributed by atoms with van der Waals surface area (Å²) < 4.78 is 0. The maximum absolute atomic E-state index is 4.08. The maximum atomic E-state index is 4.08. The Morgan fingerprint density at radius 3 is 3.07 bits per heavy atom. The fourth-order valence-electron chi connectivity index (χ4n) is 1.84. The second kappa shape index (κ2) is 5.07. The zero-order valence-corrected chi connectivity index (χ0v) is 9.16. The highest BCUT2D eigenvalue weighted by atomic mass is 15.2. The lowest BCUT2D eigenvalue weighted by Crippen LogP contribution is -2.33. The average Bonchev–Trinajstić information content (AvgIpc) is 2.30. The van der Waals surface area contributed by atoms with Crippen molar-refractivity contribution in [3.05, 3.63) is 17.8 Å². The summed E-state index contributed by atoms with van der Waals surface area (Å²) in [6.45, 7) is 5.22. The van der Waals surface area contributed by atoms with E-state index in [2.05, 4.69) is 20.8 Å². The van der Waals surface area contributed by atoms with Crippen LogP contribution >= 0.6 is 0 Å². The number of hydrogen-bond acceptors (Lipinski definition) is 4. The molecule has 0 saturated carbocycles. The molecule has 1 aromatic heterocycles. The third-order valence-corrected chi connectivity index (χ3v) is 2.77. The molecule has 0 aliphatic carbocycles. The molecule has 1 aliphatic rings. The molecule has 15 heavy (non-hydrogen) atoms. The summed E-state index contributed by atoms with van der Waals surface area (Å²) in [6, 6.07) is 3.97. The van der Waals surface area contributed by atoms with E-state index in [4.69, 9.17) is 0 Å². The Balaban J connectivity index is 1.79. The van der Waals surface area contributed by atoms with E-state index in [0.717, 1.165) is 30.5 Å². The number of anilines is 1. The van der Waals surface area contributed by atoms with Crippen molar-refractivity contribution >= 4 is 5.82 Å². The molecule has 1 atom stereocenters. The summed E-state index contributed by atoms with van der Waals surface area (Å²) >= 11 is 0. The summed E-state index contributed by atoms with van der Waals surface area (Å²) in [6.07, 6.45) is 2.59. The van der Waals surface area contributed by atoms with Crippen molar-refractivity contribution in [1.82, 2.24) is 15.5 Å². The summed E-state index contributed by atoms with van der Waals surface area (Å²) in [5, 5.41) is 14.8. The van der Waals surface area contributed by atoms with Crippen LogP contribution < -0.4 is 10.6 Å². The molecule has 1 saturated heterocycles. The van der Waals surface area contributed by atoms with Crippen LogP contribution in [0.25, 0.3) is 0 Å². The van der Waals surface area contributed by atoms with Gasteiger partial charge in [0, 0.05) is 6.54 Å². The standard InChI is InChI=1S/C11H18N4/c1-9-4-5-11(15-14-9)13-8-10-3-2-6-12-7-10/h4-5,10,12H,2-3,6-8H2,1H3,(H,13,15). The second-order valence-corrected chi connectivity index (χ2v) is 4.15. The highest BCUT2D eigenvalue weighted by Crippen LogP contribution is 2.10. The number of aromatic nitrogens is 2. The summed E-state index contributed by atoms with van der Waals surface area (Å²) in [5.74, 6) is 1.60. The highest BCUT2D eigenvalue weighted by Gasteiger charge is 2.12. The molecule has 0 spiro atoms. The fourth-order valence-corrected chi connectivity index (χ4v) is 1.84. The van der Waals surface area contributed by atoms with Gasteiger partial charge in [0.25, 0.3) is 0 Å². The monoisotopic (exact) mass is 206 g/mol. The number of hydrogen-bond donors (Lipinski definition) is 2. The lowest BCUT2D eigenvalue weighted by Gasteiger charge is -2.22. The molecule has 0 bridgehead atoms. The van der Waals surface area contributed by atoms with Crippen LogP contribution in [-0.4, -0.2) is 29.8 Å². The van der Waals surface area contributed by atoms with Crippen molar-refractivity contribution in [2.24, 2.45) is 5.92 Å². The Hall–Kier alpha value is -1.16. The first kappa shape index (κ1) is 10.4. The van der Waals surface area contributed by atoms with Gasteiger partial charge in [-0.25, -0.2) is 0 Å². The van der Waals surface area contributed by atoms with E-state index in [1.54, 1.807) is 0 Å². The SMILES string of the molecule is Cc1ccc(NCC2CCCNC2)nn1. The van der Waals surface area contributed by atoms with Crippen LogP contribution in [0, 0.1) is 12.8 Å². The van der Waals surface area contributed by atoms with Gasteiger partial charge in [-0.15, -0.1) is 5.10 Å². The average molecular weight is 206 g/mol. The first-order chi connectivity index (χ1) is 7.34. The normalized spacial score (nSPS) is 21.3. The summed E-state index contributed by atoms with van der Waals surface area (Å²) in [7, 11) is 0. The fraction of sp³-hybridized carbons (Fsp3) is 0.636. The Bertz CT molecular complexity index is 290. The zero-order chi connectivity index (χ0) is 10.5. The summed E-state index contributed by atoms with van der Waals surface area (Å²) in [5.41, 5.74) is 0.958. The molecule has 0 amide bonds. The number of nitrogens with zero attached hydrogens (tertiary/aromatic N) is 2. The quantitative estimate of drug-likeness (QED) is 0.780. The molecular weight excluding hydrogens is 188 g/mol. The second-order valence-electron chi connectivity index (χ2n) is 4.15. The van der Waals surface area contributed by atoms with Crippen molar-refractivity contribution in [3.8, 4) is 0 Å². The molecule has 1 unspecified atom stereocenters. The molecule has 82 valence electrons. The number of rotatable bonds is 3. The molecule has 2 rings (SSSR count). The number of piperidine rings is 1. The van der Waals surface area contributed by atoms with Gasteiger partial charge in [-0.2, -0.15) is 5.10 Å². The minimum Gasteiger partial charge on any atom is -0.368 e. The maximum Gasteiger partial charge on any atom is 0.148 e. The van der Waals surface area contributed by atoms with Crippen molar-refractivity contribution in [1.29, 1.82) is 0 Å².